The summed E-state index contributed by atoms with van der Waals surface area (Å²) in [5.41, 5.74) is 5.86. The lowest BCUT2D eigenvalue weighted by Gasteiger charge is -2.52. The van der Waals surface area contributed by atoms with Gasteiger partial charge in [-0.1, -0.05) is 81.2 Å². The molecule has 6 rings (SSSR count). The van der Waals surface area contributed by atoms with Crippen LogP contribution in [0.4, 0.5) is 0 Å². The summed E-state index contributed by atoms with van der Waals surface area (Å²) < 4.78 is 12.3. The maximum absolute atomic E-state index is 8.93. The molecule has 0 amide bonds. The highest BCUT2D eigenvalue weighted by atomic mass is 16.5. The molecular weight excluding hydrogens is 532 g/mol. The SMILES string of the molecule is OCCCCCCCCOc1ccc(C(=C2C3CC4CC(C3)CC2C4)c2ccc(OCCCCCCCCO)cc2)cc1. The lowest BCUT2D eigenvalue weighted by atomic mass is 9.53. The summed E-state index contributed by atoms with van der Waals surface area (Å²) in [5, 5.41) is 17.9. The van der Waals surface area contributed by atoms with Crippen LogP contribution in [0.2, 0.25) is 0 Å². The van der Waals surface area contributed by atoms with Gasteiger partial charge in [0, 0.05) is 13.2 Å². The van der Waals surface area contributed by atoms with Crippen LogP contribution in [-0.2, 0) is 0 Å². The maximum atomic E-state index is 8.93. The molecule has 2 aromatic rings. The van der Waals surface area contributed by atoms with Gasteiger partial charge in [0.15, 0.2) is 0 Å². The second kappa shape index (κ2) is 17.3. The van der Waals surface area contributed by atoms with Crippen molar-refractivity contribution in [3.8, 4) is 11.5 Å². The van der Waals surface area contributed by atoms with Gasteiger partial charge in [-0.25, -0.2) is 0 Å². The number of rotatable bonds is 20. The Labute approximate surface area is 260 Å². The fourth-order valence-electron chi connectivity index (χ4n) is 8.26. The second-order valence-corrected chi connectivity index (χ2v) is 13.6. The molecule has 4 aliphatic carbocycles. The lowest BCUT2D eigenvalue weighted by molar-refractivity contribution is 0.0705. The Bertz CT molecular complexity index is 1010. The molecule has 0 radical (unpaired) electrons. The van der Waals surface area contributed by atoms with Crippen LogP contribution in [0.5, 0.6) is 11.5 Å². The molecule has 0 aromatic heterocycles. The molecule has 0 spiro atoms. The zero-order valence-corrected chi connectivity index (χ0v) is 26.5. The number of ether oxygens (including phenoxy) is 2. The van der Waals surface area contributed by atoms with E-state index in [4.69, 9.17) is 19.7 Å². The van der Waals surface area contributed by atoms with Gasteiger partial charge in [-0.2, -0.15) is 0 Å². The van der Waals surface area contributed by atoms with Gasteiger partial charge in [0.05, 0.1) is 13.2 Å². The van der Waals surface area contributed by atoms with E-state index >= 15 is 0 Å². The average molecular weight is 589 g/mol. The van der Waals surface area contributed by atoms with Gasteiger partial charge >= 0.3 is 0 Å². The highest BCUT2D eigenvalue weighted by Crippen LogP contribution is 2.58. The minimum atomic E-state index is 0.313. The molecule has 2 aromatic carbocycles. The van der Waals surface area contributed by atoms with Gasteiger partial charge < -0.3 is 19.7 Å². The van der Waals surface area contributed by atoms with E-state index in [-0.39, 0.29) is 0 Å². The summed E-state index contributed by atoms with van der Waals surface area (Å²) in [6, 6.07) is 17.9. The van der Waals surface area contributed by atoms with Gasteiger partial charge in [-0.15, -0.1) is 0 Å². The zero-order valence-electron chi connectivity index (χ0n) is 26.5. The largest absolute Gasteiger partial charge is 0.494 e. The molecule has 4 bridgehead atoms. The second-order valence-electron chi connectivity index (χ2n) is 13.6. The van der Waals surface area contributed by atoms with Crippen LogP contribution in [0.15, 0.2) is 54.1 Å². The minimum absolute atomic E-state index is 0.313. The normalized spacial score (nSPS) is 22.2. The molecule has 0 unspecified atom stereocenters. The number of aliphatic hydroxyl groups excluding tert-OH is 2. The lowest BCUT2D eigenvalue weighted by Crippen LogP contribution is -2.40. The van der Waals surface area contributed by atoms with Crippen molar-refractivity contribution in [2.45, 2.75) is 109 Å². The van der Waals surface area contributed by atoms with E-state index in [1.165, 1.54) is 87.3 Å². The molecular formula is C39H56O4. The molecule has 0 saturated heterocycles. The van der Waals surface area contributed by atoms with Crippen molar-refractivity contribution >= 4 is 5.57 Å². The van der Waals surface area contributed by atoms with Crippen LogP contribution < -0.4 is 9.47 Å². The van der Waals surface area contributed by atoms with E-state index in [1.807, 2.05) is 0 Å². The van der Waals surface area contributed by atoms with Crippen LogP contribution in [0.1, 0.15) is 120 Å². The predicted octanol–water partition coefficient (Wildman–Crippen LogP) is 9.37. The molecule has 43 heavy (non-hydrogen) atoms. The van der Waals surface area contributed by atoms with Crippen molar-refractivity contribution in [1.82, 2.24) is 0 Å². The molecule has 0 heterocycles. The predicted molar refractivity (Wildman–Crippen MR) is 177 cm³/mol. The molecule has 4 heteroatoms. The Morgan fingerprint density at radius 2 is 0.860 bits per heavy atom. The quantitative estimate of drug-likeness (QED) is 0.151. The van der Waals surface area contributed by atoms with Crippen LogP contribution in [0.3, 0.4) is 0 Å². The standard InChI is InChI=1S/C39H56O4/c40-21-9-5-1-3-7-11-23-42-36-17-13-32(14-18-36)38(39-34-26-30-25-31(28-34)29-35(39)27-30)33-15-19-37(20-16-33)43-24-12-8-4-2-6-10-22-41/h13-20,30-31,34-35,40-41H,1-12,21-29H2. The van der Waals surface area contributed by atoms with Crippen LogP contribution >= 0.6 is 0 Å². The molecule has 236 valence electrons. The Balaban J connectivity index is 1.21. The van der Waals surface area contributed by atoms with E-state index in [9.17, 15) is 0 Å². The first-order chi connectivity index (χ1) is 21.2. The Kier molecular flexibility index (Phi) is 12.9. The van der Waals surface area contributed by atoms with E-state index in [1.54, 1.807) is 5.57 Å². The molecule has 4 fully saturated rings. The van der Waals surface area contributed by atoms with E-state index in [0.29, 0.717) is 13.2 Å². The summed E-state index contributed by atoms with van der Waals surface area (Å²) in [6.45, 7) is 2.17. The average Bonchev–Trinajstić information content (AvgIpc) is 3.02. The van der Waals surface area contributed by atoms with Crippen LogP contribution in [0.25, 0.3) is 5.57 Å². The van der Waals surface area contributed by atoms with E-state index < -0.39 is 0 Å². The molecule has 4 saturated carbocycles. The minimum Gasteiger partial charge on any atom is -0.494 e. The van der Waals surface area contributed by atoms with E-state index in [2.05, 4.69) is 48.5 Å². The monoisotopic (exact) mass is 588 g/mol. The summed E-state index contributed by atoms with van der Waals surface area (Å²) in [5.74, 6) is 5.32. The Hall–Kier alpha value is -2.30. The van der Waals surface area contributed by atoms with Crippen LogP contribution in [0, 0.1) is 23.7 Å². The van der Waals surface area contributed by atoms with Crippen molar-refractivity contribution in [2.24, 2.45) is 23.7 Å². The molecule has 4 nitrogen and oxygen atoms in total. The third kappa shape index (κ3) is 9.35. The van der Waals surface area contributed by atoms with Crippen molar-refractivity contribution in [2.75, 3.05) is 26.4 Å². The van der Waals surface area contributed by atoms with Gasteiger partial charge in [0.1, 0.15) is 11.5 Å². The third-order valence-electron chi connectivity index (χ3n) is 10.2. The van der Waals surface area contributed by atoms with Crippen molar-refractivity contribution in [3.05, 3.63) is 65.2 Å². The number of allylic oxidation sites excluding steroid dienone is 1. The van der Waals surface area contributed by atoms with Gasteiger partial charge in [-0.05, 0) is 122 Å². The van der Waals surface area contributed by atoms with E-state index in [0.717, 1.165) is 86.9 Å². The summed E-state index contributed by atoms with van der Waals surface area (Å²) in [4.78, 5) is 0. The fraction of sp³-hybridized carbons (Fsp3) is 0.641. The van der Waals surface area contributed by atoms with Gasteiger partial charge in [0.2, 0.25) is 0 Å². The number of benzene rings is 2. The highest BCUT2D eigenvalue weighted by Gasteiger charge is 2.46. The summed E-state index contributed by atoms with van der Waals surface area (Å²) in [6.07, 6.45) is 20.5. The molecule has 2 N–H and O–H groups in total. The molecule has 4 aliphatic rings. The Morgan fingerprint density at radius 3 is 1.26 bits per heavy atom. The number of unbranched alkanes of at least 4 members (excludes halogenated alkanes) is 10. The first-order valence-corrected chi connectivity index (χ1v) is 17.7. The fourth-order valence-corrected chi connectivity index (χ4v) is 8.26. The zero-order chi connectivity index (χ0) is 29.7. The van der Waals surface area contributed by atoms with Gasteiger partial charge in [0.25, 0.3) is 0 Å². The van der Waals surface area contributed by atoms with Crippen molar-refractivity contribution in [1.29, 1.82) is 0 Å². The maximum Gasteiger partial charge on any atom is 0.119 e. The smallest absolute Gasteiger partial charge is 0.119 e. The Morgan fingerprint density at radius 1 is 0.488 bits per heavy atom. The van der Waals surface area contributed by atoms with Crippen LogP contribution in [-0.4, -0.2) is 36.6 Å². The molecule has 0 aliphatic heterocycles. The third-order valence-corrected chi connectivity index (χ3v) is 10.2. The van der Waals surface area contributed by atoms with Gasteiger partial charge in [-0.3, -0.25) is 0 Å². The molecule has 0 atom stereocenters. The highest BCUT2D eigenvalue weighted by molar-refractivity contribution is 5.83. The number of hydrogen-bond donors (Lipinski definition) is 2. The summed E-state index contributed by atoms with van der Waals surface area (Å²) in [7, 11) is 0. The summed E-state index contributed by atoms with van der Waals surface area (Å²) >= 11 is 0. The number of aliphatic hydroxyl groups is 2. The number of hydrogen-bond acceptors (Lipinski definition) is 4. The topological polar surface area (TPSA) is 58.9 Å². The van der Waals surface area contributed by atoms with Crippen molar-refractivity contribution in [3.63, 3.8) is 0 Å². The van der Waals surface area contributed by atoms with Crippen molar-refractivity contribution < 1.29 is 19.7 Å². The first-order valence-electron chi connectivity index (χ1n) is 17.7. The first kappa shape index (κ1) is 32.1.